The van der Waals surface area contributed by atoms with E-state index in [0.717, 1.165) is 24.2 Å². The predicted molar refractivity (Wildman–Crippen MR) is 73.5 cm³/mol. The van der Waals surface area contributed by atoms with Gasteiger partial charge in [-0.05, 0) is 18.4 Å². The van der Waals surface area contributed by atoms with Gasteiger partial charge in [-0.2, -0.15) is 4.98 Å². The van der Waals surface area contributed by atoms with Crippen LogP contribution in [0.2, 0.25) is 0 Å². The van der Waals surface area contributed by atoms with Crippen LogP contribution in [0.4, 0.5) is 11.8 Å². The summed E-state index contributed by atoms with van der Waals surface area (Å²) in [6, 6.07) is 1.91. The van der Waals surface area contributed by atoms with Crippen LogP contribution in [0.15, 0.2) is 12.3 Å². The summed E-state index contributed by atoms with van der Waals surface area (Å²) in [7, 11) is 3.89. The zero-order chi connectivity index (χ0) is 12.7. The molecule has 1 aromatic heterocycles. The molecule has 0 radical (unpaired) electrons. The van der Waals surface area contributed by atoms with E-state index in [-0.39, 0.29) is 0 Å². The molecule has 0 atom stereocenters. The fourth-order valence-corrected chi connectivity index (χ4v) is 1.56. The molecule has 4 nitrogen and oxygen atoms in total. The van der Waals surface area contributed by atoms with Crippen LogP contribution in [0.3, 0.4) is 0 Å². The van der Waals surface area contributed by atoms with Crippen molar-refractivity contribution in [3.05, 3.63) is 12.3 Å². The van der Waals surface area contributed by atoms with Crippen LogP contribution < -0.4 is 10.2 Å². The maximum Gasteiger partial charge on any atom is 0.226 e. The van der Waals surface area contributed by atoms with E-state index in [9.17, 15) is 0 Å². The molecule has 0 fully saturated rings. The van der Waals surface area contributed by atoms with Crippen molar-refractivity contribution in [1.82, 2.24) is 9.97 Å². The molecule has 0 aliphatic heterocycles. The quantitative estimate of drug-likeness (QED) is 0.739. The topological polar surface area (TPSA) is 41.1 Å². The Bertz CT molecular complexity index is 323. The lowest BCUT2D eigenvalue weighted by molar-refractivity contribution is 0.544. The van der Waals surface area contributed by atoms with Crippen molar-refractivity contribution in [2.45, 2.75) is 33.1 Å². The van der Waals surface area contributed by atoms with Crippen LogP contribution in [0, 0.1) is 5.92 Å². The van der Waals surface area contributed by atoms with Crippen molar-refractivity contribution in [3.63, 3.8) is 0 Å². The highest BCUT2D eigenvalue weighted by atomic mass is 15.2. The van der Waals surface area contributed by atoms with E-state index < -0.39 is 0 Å². The van der Waals surface area contributed by atoms with E-state index in [4.69, 9.17) is 0 Å². The normalized spacial score (nSPS) is 10.6. The van der Waals surface area contributed by atoms with E-state index >= 15 is 0 Å². The molecule has 0 aliphatic rings. The second kappa shape index (κ2) is 7.09. The van der Waals surface area contributed by atoms with E-state index in [1.54, 1.807) is 6.20 Å². The van der Waals surface area contributed by atoms with Gasteiger partial charge < -0.3 is 10.2 Å². The summed E-state index contributed by atoms with van der Waals surface area (Å²) in [6.45, 7) is 5.51. The minimum absolute atomic E-state index is 0.747. The third kappa shape index (κ3) is 5.52. The summed E-state index contributed by atoms with van der Waals surface area (Å²) in [4.78, 5) is 10.5. The van der Waals surface area contributed by atoms with Crippen molar-refractivity contribution in [2.75, 3.05) is 30.9 Å². The third-order valence-electron chi connectivity index (χ3n) is 2.56. The summed E-state index contributed by atoms with van der Waals surface area (Å²) in [5, 5.41) is 3.34. The molecule has 0 unspecified atom stereocenters. The van der Waals surface area contributed by atoms with E-state index in [1.807, 2.05) is 25.1 Å². The Morgan fingerprint density at radius 2 is 2.06 bits per heavy atom. The zero-order valence-electron chi connectivity index (χ0n) is 11.4. The van der Waals surface area contributed by atoms with Crippen molar-refractivity contribution in [1.29, 1.82) is 0 Å². The number of aromatic nitrogens is 2. The minimum Gasteiger partial charge on any atom is -0.370 e. The van der Waals surface area contributed by atoms with E-state index in [1.165, 1.54) is 19.3 Å². The predicted octanol–water partition coefficient (Wildman–Crippen LogP) is 2.78. The first-order chi connectivity index (χ1) is 8.09. The van der Waals surface area contributed by atoms with Crippen LogP contribution in [0.1, 0.15) is 33.1 Å². The molecule has 1 heterocycles. The standard InChI is InChI=1S/C13H24N4/c1-11(2)7-5-6-9-14-12-8-10-15-13(16-12)17(3)4/h8,10-11H,5-7,9H2,1-4H3,(H,14,15,16). The minimum atomic E-state index is 0.747. The van der Waals surface area contributed by atoms with Crippen LogP contribution in [-0.4, -0.2) is 30.6 Å². The van der Waals surface area contributed by atoms with Crippen LogP contribution in [0.5, 0.6) is 0 Å². The SMILES string of the molecule is CC(C)CCCCNc1ccnc(N(C)C)n1. The Morgan fingerprint density at radius 3 is 2.71 bits per heavy atom. The summed E-state index contributed by atoms with van der Waals surface area (Å²) in [5.74, 6) is 2.46. The number of nitrogens with zero attached hydrogens (tertiary/aromatic N) is 3. The van der Waals surface area contributed by atoms with Gasteiger partial charge in [-0.3, -0.25) is 0 Å². The van der Waals surface area contributed by atoms with Crippen LogP contribution in [0.25, 0.3) is 0 Å². The Labute approximate surface area is 104 Å². The third-order valence-corrected chi connectivity index (χ3v) is 2.56. The van der Waals surface area contributed by atoms with Gasteiger partial charge >= 0.3 is 0 Å². The number of nitrogens with one attached hydrogen (secondary N) is 1. The number of rotatable bonds is 7. The van der Waals surface area contributed by atoms with Crippen molar-refractivity contribution < 1.29 is 0 Å². The Morgan fingerprint density at radius 1 is 1.29 bits per heavy atom. The van der Waals surface area contributed by atoms with Gasteiger partial charge in [0.05, 0.1) is 0 Å². The lowest BCUT2D eigenvalue weighted by atomic mass is 10.1. The van der Waals surface area contributed by atoms with Crippen molar-refractivity contribution in [2.24, 2.45) is 5.92 Å². The molecule has 1 N–H and O–H groups in total. The Hall–Kier alpha value is -1.32. The summed E-state index contributed by atoms with van der Waals surface area (Å²) < 4.78 is 0. The smallest absolute Gasteiger partial charge is 0.226 e. The molecular weight excluding hydrogens is 212 g/mol. The van der Waals surface area contributed by atoms with Gasteiger partial charge in [0.15, 0.2) is 0 Å². The first-order valence-corrected chi connectivity index (χ1v) is 6.34. The van der Waals surface area contributed by atoms with Gasteiger partial charge in [0.2, 0.25) is 5.95 Å². The van der Waals surface area contributed by atoms with Gasteiger partial charge in [-0.15, -0.1) is 0 Å². The highest BCUT2D eigenvalue weighted by Gasteiger charge is 2.00. The van der Waals surface area contributed by atoms with Crippen molar-refractivity contribution in [3.8, 4) is 0 Å². The van der Waals surface area contributed by atoms with Gasteiger partial charge in [-0.1, -0.05) is 26.7 Å². The Balaban J connectivity index is 2.29. The maximum atomic E-state index is 4.41. The number of hydrogen-bond donors (Lipinski definition) is 1. The van der Waals surface area contributed by atoms with Crippen LogP contribution >= 0.6 is 0 Å². The highest BCUT2D eigenvalue weighted by molar-refractivity contribution is 5.40. The molecule has 17 heavy (non-hydrogen) atoms. The molecule has 0 aliphatic carbocycles. The molecule has 1 rings (SSSR count). The zero-order valence-corrected chi connectivity index (χ0v) is 11.4. The molecule has 0 bridgehead atoms. The fraction of sp³-hybridized carbons (Fsp3) is 0.692. The molecule has 96 valence electrons. The lowest BCUT2D eigenvalue weighted by Crippen LogP contribution is -2.14. The van der Waals surface area contributed by atoms with Gasteiger partial charge in [0.1, 0.15) is 5.82 Å². The number of hydrogen-bond acceptors (Lipinski definition) is 4. The first-order valence-electron chi connectivity index (χ1n) is 6.34. The summed E-state index contributed by atoms with van der Waals surface area (Å²) in [5.41, 5.74) is 0. The monoisotopic (exact) mass is 236 g/mol. The largest absolute Gasteiger partial charge is 0.370 e. The maximum absolute atomic E-state index is 4.41. The van der Waals surface area contributed by atoms with Gasteiger partial charge in [0.25, 0.3) is 0 Å². The molecule has 0 spiro atoms. The summed E-state index contributed by atoms with van der Waals surface area (Å²) >= 11 is 0. The summed E-state index contributed by atoms with van der Waals surface area (Å²) in [6.07, 6.45) is 5.56. The molecule has 0 saturated heterocycles. The fourth-order valence-electron chi connectivity index (χ4n) is 1.56. The Kier molecular flexibility index (Phi) is 5.73. The van der Waals surface area contributed by atoms with Gasteiger partial charge in [0, 0.05) is 26.8 Å². The average Bonchev–Trinajstić information content (AvgIpc) is 2.28. The first kappa shape index (κ1) is 13.7. The van der Waals surface area contributed by atoms with E-state index in [2.05, 4.69) is 29.1 Å². The lowest BCUT2D eigenvalue weighted by Gasteiger charge is -2.11. The van der Waals surface area contributed by atoms with Crippen LogP contribution in [-0.2, 0) is 0 Å². The molecule has 1 aromatic rings. The van der Waals surface area contributed by atoms with Crippen molar-refractivity contribution >= 4 is 11.8 Å². The molecular formula is C13H24N4. The second-order valence-corrected chi connectivity index (χ2v) is 4.95. The van der Waals surface area contributed by atoms with E-state index in [0.29, 0.717) is 0 Å². The number of unbranched alkanes of at least 4 members (excludes halogenated alkanes) is 1. The average molecular weight is 236 g/mol. The van der Waals surface area contributed by atoms with Gasteiger partial charge in [-0.25, -0.2) is 4.98 Å². The molecule has 4 heteroatoms. The number of anilines is 2. The molecule has 0 saturated carbocycles. The highest BCUT2D eigenvalue weighted by Crippen LogP contribution is 2.09. The second-order valence-electron chi connectivity index (χ2n) is 4.95. The molecule has 0 aromatic carbocycles. The molecule has 0 amide bonds.